The number of carbonyl (C=O) groups is 1. The van der Waals surface area contributed by atoms with Crippen molar-refractivity contribution in [1.29, 1.82) is 0 Å². The van der Waals surface area contributed by atoms with E-state index in [1.54, 1.807) is 0 Å². The molecule has 0 aliphatic carbocycles. The minimum absolute atomic E-state index is 0.0568. The summed E-state index contributed by atoms with van der Waals surface area (Å²) in [6.07, 6.45) is 0. The van der Waals surface area contributed by atoms with Gasteiger partial charge in [0, 0.05) is 18.6 Å². The number of nitrogens with zero attached hydrogens (tertiary/aromatic N) is 1. The van der Waals surface area contributed by atoms with Crippen LogP contribution in [0.15, 0.2) is 0 Å². The third kappa shape index (κ3) is 1.90. The molecule has 1 atom stereocenters. The van der Waals surface area contributed by atoms with Crippen LogP contribution in [0.2, 0.25) is 0 Å². The van der Waals surface area contributed by atoms with Crippen molar-refractivity contribution < 1.29 is 4.79 Å². The maximum absolute atomic E-state index is 11.4. The van der Waals surface area contributed by atoms with E-state index < -0.39 is 0 Å². The third-order valence-electron chi connectivity index (χ3n) is 2.15. The van der Waals surface area contributed by atoms with Gasteiger partial charge >= 0.3 is 6.03 Å². The van der Waals surface area contributed by atoms with E-state index in [2.05, 4.69) is 33.0 Å². The highest BCUT2D eigenvalue weighted by Gasteiger charge is 2.30. The number of amides is 2. The summed E-state index contributed by atoms with van der Waals surface area (Å²) in [7, 11) is 0. The molecular formula is C9H18N2O. The molecule has 0 aromatic rings. The summed E-state index contributed by atoms with van der Waals surface area (Å²) in [5.41, 5.74) is -0.0568. The van der Waals surface area contributed by atoms with Gasteiger partial charge in [0.2, 0.25) is 0 Å². The molecule has 3 nitrogen and oxygen atoms in total. The van der Waals surface area contributed by atoms with E-state index in [1.165, 1.54) is 0 Å². The van der Waals surface area contributed by atoms with Crippen molar-refractivity contribution >= 4 is 6.03 Å². The van der Waals surface area contributed by atoms with Crippen LogP contribution in [0.3, 0.4) is 0 Å². The number of hydrogen-bond donors (Lipinski definition) is 1. The quantitative estimate of drug-likeness (QED) is 0.586. The molecule has 70 valence electrons. The van der Waals surface area contributed by atoms with E-state index in [0.717, 1.165) is 13.1 Å². The molecule has 1 aliphatic rings. The van der Waals surface area contributed by atoms with E-state index in [9.17, 15) is 4.79 Å². The molecule has 1 rings (SSSR count). The van der Waals surface area contributed by atoms with Gasteiger partial charge in [0.25, 0.3) is 0 Å². The van der Waals surface area contributed by atoms with Gasteiger partial charge in [-0.3, -0.25) is 0 Å². The molecule has 0 spiro atoms. The number of rotatable bonds is 0. The Labute approximate surface area is 74.1 Å². The molecule has 1 unspecified atom stereocenters. The maximum atomic E-state index is 11.4. The number of hydrogen-bond acceptors (Lipinski definition) is 1. The monoisotopic (exact) mass is 170 g/mol. The second kappa shape index (κ2) is 2.96. The zero-order valence-electron chi connectivity index (χ0n) is 8.35. The first-order valence-electron chi connectivity index (χ1n) is 4.46. The summed E-state index contributed by atoms with van der Waals surface area (Å²) in [6, 6.07) is 0.0700. The van der Waals surface area contributed by atoms with Crippen molar-refractivity contribution in [2.24, 2.45) is 5.92 Å². The fourth-order valence-corrected chi connectivity index (χ4v) is 1.39. The lowest BCUT2D eigenvalue weighted by Crippen LogP contribution is -2.57. The Morgan fingerprint density at radius 1 is 1.50 bits per heavy atom. The molecule has 1 heterocycles. The molecule has 0 bridgehead atoms. The van der Waals surface area contributed by atoms with Gasteiger partial charge < -0.3 is 10.2 Å². The zero-order valence-corrected chi connectivity index (χ0v) is 8.35. The molecule has 12 heavy (non-hydrogen) atoms. The molecule has 1 saturated heterocycles. The van der Waals surface area contributed by atoms with Crippen LogP contribution in [0.5, 0.6) is 0 Å². The van der Waals surface area contributed by atoms with E-state index in [4.69, 9.17) is 0 Å². The van der Waals surface area contributed by atoms with Crippen molar-refractivity contribution in [1.82, 2.24) is 10.2 Å². The molecule has 1 aliphatic heterocycles. The van der Waals surface area contributed by atoms with Gasteiger partial charge in [-0.2, -0.15) is 0 Å². The van der Waals surface area contributed by atoms with Gasteiger partial charge in [-0.05, 0) is 26.7 Å². The molecule has 0 saturated carbocycles. The summed E-state index contributed by atoms with van der Waals surface area (Å²) in [4.78, 5) is 13.3. The Hall–Kier alpha value is -0.730. The average molecular weight is 170 g/mol. The number of nitrogens with one attached hydrogen (secondary N) is 1. The summed E-state index contributed by atoms with van der Waals surface area (Å²) in [5.74, 6) is 0.557. The maximum Gasteiger partial charge on any atom is 0.317 e. The van der Waals surface area contributed by atoms with Gasteiger partial charge in [-0.25, -0.2) is 4.79 Å². The topological polar surface area (TPSA) is 32.3 Å². The van der Waals surface area contributed by atoms with Crippen LogP contribution in [-0.4, -0.2) is 29.6 Å². The highest BCUT2D eigenvalue weighted by molar-refractivity contribution is 5.75. The summed E-state index contributed by atoms with van der Waals surface area (Å²) in [5, 5.41) is 2.88. The van der Waals surface area contributed by atoms with Crippen LogP contribution in [-0.2, 0) is 0 Å². The highest BCUT2D eigenvalue weighted by atomic mass is 16.2. The molecule has 1 fully saturated rings. The average Bonchev–Trinajstić information content (AvgIpc) is 1.92. The summed E-state index contributed by atoms with van der Waals surface area (Å²) < 4.78 is 0. The predicted molar refractivity (Wildman–Crippen MR) is 49.0 cm³/mol. The number of urea groups is 1. The standard InChI is InChI=1S/C9H18N2O/c1-7-5-10-8(12)11(6-7)9(2,3)4/h7H,5-6H2,1-4H3,(H,10,12). The minimum Gasteiger partial charge on any atom is -0.338 e. The zero-order chi connectivity index (χ0) is 9.35. The first-order chi connectivity index (χ1) is 5.41. The van der Waals surface area contributed by atoms with Crippen LogP contribution in [0.1, 0.15) is 27.7 Å². The van der Waals surface area contributed by atoms with Gasteiger partial charge in [-0.15, -0.1) is 0 Å². The molecular weight excluding hydrogens is 152 g/mol. The first-order valence-corrected chi connectivity index (χ1v) is 4.46. The first kappa shape index (κ1) is 9.36. The predicted octanol–water partition coefficient (Wildman–Crippen LogP) is 1.45. The Kier molecular flexibility index (Phi) is 2.31. The lowest BCUT2D eigenvalue weighted by atomic mass is 10.0. The Balaban J connectivity index is 2.68. The Morgan fingerprint density at radius 2 is 2.08 bits per heavy atom. The SMILES string of the molecule is CC1CNC(=O)N(C(C)(C)C)C1. The van der Waals surface area contributed by atoms with Crippen molar-refractivity contribution in [3.8, 4) is 0 Å². The van der Waals surface area contributed by atoms with Crippen molar-refractivity contribution in [2.45, 2.75) is 33.2 Å². The lowest BCUT2D eigenvalue weighted by Gasteiger charge is -2.40. The normalized spacial score (nSPS) is 25.5. The minimum atomic E-state index is -0.0568. The Bertz CT molecular complexity index is 183. The summed E-state index contributed by atoms with van der Waals surface area (Å²) in [6.45, 7) is 10.0. The van der Waals surface area contributed by atoms with Crippen LogP contribution in [0, 0.1) is 5.92 Å². The van der Waals surface area contributed by atoms with Gasteiger partial charge in [0.15, 0.2) is 0 Å². The molecule has 0 radical (unpaired) electrons. The molecule has 1 N–H and O–H groups in total. The second-order valence-corrected chi connectivity index (χ2v) is 4.57. The summed E-state index contributed by atoms with van der Waals surface area (Å²) >= 11 is 0. The molecule has 0 aromatic heterocycles. The molecule has 2 amide bonds. The highest BCUT2D eigenvalue weighted by Crippen LogP contribution is 2.17. The number of carbonyl (C=O) groups excluding carboxylic acids is 1. The Morgan fingerprint density at radius 3 is 2.50 bits per heavy atom. The van der Waals surface area contributed by atoms with Crippen molar-refractivity contribution in [2.75, 3.05) is 13.1 Å². The van der Waals surface area contributed by atoms with Gasteiger partial charge in [0.05, 0.1) is 0 Å². The van der Waals surface area contributed by atoms with E-state index in [0.29, 0.717) is 5.92 Å². The molecule has 3 heteroatoms. The van der Waals surface area contributed by atoms with Gasteiger partial charge in [-0.1, -0.05) is 6.92 Å². The van der Waals surface area contributed by atoms with Crippen LogP contribution in [0.25, 0.3) is 0 Å². The van der Waals surface area contributed by atoms with Crippen molar-refractivity contribution in [3.05, 3.63) is 0 Å². The lowest BCUT2D eigenvalue weighted by molar-refractivity contribution is 0.114. The van der Waals surface area contributed by atoms with Crippen LogP contribution < -0.4 is 5.32 Å². The van der Waals surface area contributed by atoms with E-state index >= 15 is 0 Å². The van der Waals surface area contributed by atoms with Crippen LogP contribution in [0.4, 0.5) is 4.79 Å². The van der Waals surface area contributed by atoms with E-state index in [1.807, 2.05) is 4.90 Å². The fourth-order valence-electron chi connectivity index (χ4n) is 1.39. The molecule has 0 aromatic carbocycles. The fraction of sp³-hybridized carbons (Fsp3) is 0.889. The second-order valence-electron chi connectivity index (χ2n) is 4.57. The smallest absolute Gasteiger partial charge is 0.317 e. The van der Waals surface area contributed by atoms with Gasteiger partial charge in [0.1, 0.15) is 0 Å². The largest absolute Gasteiger partial charge is 0.338 e. The third-order valence-corrected chi connectivity index (χ3v) is 2.15. The van der Waals surface area contributed by atoms with E-state index in [-0.39, 0.29) is 11.6 Å². The van der Waals surface area contributed by atoms with Crippen LogP contribution >= 0.6 is 0 Å². The van der Waals surface area contributed by atoms with Crippen molar-refractivity contribution in [3.63, 3.8) is 0 Å².